The number of ether oxygens (including phenoxy) is 1. The second-order valence-electron chi connectivity index (χ2n) is 4.40. The van der Waals surface area contributed by atoms with Crippen molar-refractivity contribution in [2.24, 2.45) is 11.5 Å². The van der Waals surface area contributed by atoms with Crippen molar-refractivity contribution in [2.75, 3.05) is 12.4 Å². The van der Waals surface area contributed by atoms with Gasteiger partial charge >= 0.3 is 0 Å². The molecule has 0 aromatic heterocycles. The molecule has 0 radical (unpaired) electrons. The Balaban J connectivity index is 3.06. The van der Waals surface area contributed by atoms with Crippen molar-refractivity contribution in [3.05, 3.63) is 29.3 Å². The lowest BCUT2D eigenvalue weighted by Gasteiger charge is -2.21. The molecule has 0 fully saturated rings. The average molecular weight is 265 g/mol. The summed E-state index contributed by atoms with van der Waals surface area (Å²) in [6.07, 6.45) is -0.0331. The molecule has 0 aliphatic carbocycles. The summed E-state index contributed by atoms with van der Waals surface area (Å²) >= 11 is 0. The number of nitrogens with one attached hydrogen (secondary N) is 1. The van der Waals surface area contributed by atoms with Gasteiger partial charge in [0.15, 0.2) is 0 Å². The molecule has 2 unspecified atom stereocenters. The fraction of sp³-hybridized carbons (Fsp3) is 0.385. The van der Waals surface area contributed by atoms with Crippen LogP contribution in [0.2, 0.25) is 0 Å². The summed E-state index contributed by atoms with van der Waals surface area (Å²) < 4.78 is 5.19. The van der Waals surface area contributed by atoms with Gasteiger partial charge in [-0.25, -0.2) is 0 Å². The maximum atomic E-state index is 11.2. The van der Waals surface area contributed by atoms with Crippen LogP contribution in [0, 0.1) is 0 Å². The third-order valence-electron chi connectivity index (χ3n) is 2.97. The van der Waals surface area contributed by atoms with E-state index in [0.29, 0.717) is 5.69 Å². The van der Waals surface area contributed by atoms with Crippen LogP contribution < -0.4 is 16.8 Å². The second kappa shape index (κ2) is 6.19. The third-order valence-corrected chi connectivity index (χ3v) is 2.97. The van der Waals surface area contributed by atoms with Crippen molar-refractivity contribution in [1.29, 1.82) is 0 Å². The number of anilines is 1. The zero-order valence-electron chi connectivity index (χ0n) is 11.3. The number of primary amides is 2. The lowest BCUT2D eigenvalue weighted by Crippen LogP contribution is -2.30. The number of nitrogens with two attached hydrogens (primary N) is 2. The average Bonchev–Trinajstić information content (AvgIpc) is 2.37. The maximum Gasteiger partial charge on any atom is 0.248 e. The Labute approximate surface area is 112 Å². The fourth-order valence-corrected chi connectivity index (χ4v) is 1.58. The molecule has 6 nitrogen and oxygen atoms in total. The van der Waals surface area contributed by atoms with Gasteiger partial charge in [0.1, 0.15) is 0 Å². The van der Waals surface area contributed by atoms with E-state index in [1.54, 1.807) is 19.2 Å². The van der Waals surface area contributed by atoms with Crippen molar-refractivity contribution in [2.45, 2.75) is 26.0 Å². The highest BCUT2D eigenvalue weighted by Gasteiger charge is 2.14. The van der Waals surface area contributed by atoms with E-state index in [1.165, 1.54) is 6.07 Å². The summed E-state index contributed by atoms with van der Waals surface area (Å²) in [5.41, 5.74) is 11.5. The summed E-state index contributed by atoms with van der Waals surface area (Å²) in [5.74, 6) is -1.22. The smallest absolute Gasteiger partial charge is 0.248 e. The molecule has 0 bridgehead atoms. The highest BCUT2D eigenvalue weighted by Crippen LogP contribution is 2.17. The Bertz CT molecular complexity index is 456. The summed E-state index contributed by atoms with van der Waals surface area (Å²) in [6, 6.07) is 4.52. The molecule has 0 aliphatic rings. The molecule has 0 saturated heterocycles. The van der Waals surface area contributed by atoms with Gasteiger partial charge in [-0.15, -0.1) is 0 Å². The number of carbonyl (C=O) groups excluding carboxylic acids is 2. The number of benzene rings is 1. The molecule has 1 aromatic rings. The molecule has 2 amide bonds. The van der Waals surface area contributed by atoms with Gasteiger partial charge in [0.05, 0.1) is 6.10 Å². The number of amides is 2. The minimum atomic E-state index is -0.612. The lowest BCUT2D eigenvalue weighted by molar-refractivity contribution is 0.0999. The molecular formula is C13H19N3O3. The lowest BCUT2D eigenvalue weighted by atomic mass is 10.1. The van der Waals surface area contributed by atoms with Crippen LogP contribution in [0.15, 0.2) is 18.2 Å². The number of methoxy groups -OCH3 is 1. The molecule has 19 heavy (non-hydrogen) atoms. The Kier molecular flexibility index (Phi) is 4.88. The molecule has 104 valence electrons. The monoisotopic (exact) mass is 265 g/mol. The predicted molar refractivity (Wildman–Crippen MR) is 73.0 cm³/mol. The van der Waals surface area contributed by atoms with Crippen molar-refractivity contribution in [3.63, 3.8) is 0 Å². The van der Waals surface area contributed by atoms with Crippen LogP contribution in [0.5, 0.6) is 0 Å². The zero-order chi connectivity index (χ0) is 14.6. The number of hydrogen-bond donors (Lipinski definition) is 3. The van der Waals surface area contributed by atoms with E-state index < -0.39 is 11.8 Å². The van der Waals surface area contributed by atoms with Crippen LogP contribution >= 0.6 is 0 Å². The van der Waals surface area contributed by atoms with E-state index in [9.17, 15) is 9.59 Å². The molecule has 2 atom stereocenters. The molecule has 0 spiro atoms. The van der Waals surface area contributed by atoms with Gasteiger partial charge < -0.3 is 21.5 Å². The minimum absolute atomic E-state index is 0.00569. The first-order valence-electron chi connectivity index (χ1n) is 5.89. The van der Waals surface area contributed by atoms with Gasteiger partial charge in [-0.2, -0.15) is 0 Å². The van der Waals surface area contributed by atoms with E-state index in [0.717, 1.165) is 0 Å². The minimum Gasteiger partial charge on any atom is -0.380 e. The van der Waals surface area contributed by atoms with Gasteiger partial charge in [0, 0.05) is 30.0 Å². The summed E-state index contributed by atoms with van der Waals surface area (Å²) in [4.78, 5) is 22.4. The SMILES string of the molecule is COC(C)C(C)Nc1cc(C(N)=O)cc(C(N)=O)c1. The van der Waals surface area contributed by atoms with E-state index in [4.69, 9.17) is 16.2 Å². The van der Waals surface area contributed by atoms with Crippen LogP contribution in [0.25, 0.3) is 0 Å². The highest BCUT2D eigenvalue weighted by molar-refractivity contribution is 5.99. The van der Waals surface area contributed by atoms with Gasteiger partial charge in [0.2, 0.25) is 11.8 Å². The first-order valence-corrected chi connectivity index (χ1v) is 5.89. The Hall–Kier alpha value is -2.08. The Morgan fingerprint density at radius 2 is 1.58 bits per heavy atom. The van der Waals surface area contributed by atoms with Crippen LogP contribution in [-0.4, -0.2) is 31.1 Å². The standard InChI is InChI=1S/C13H19N3O3/c1-7(8(2)19-3)16-11-5-9(12(14)17)4-10(6-11)13(15)18/h4-8,16H,1-3H3,(H2,14,17)(H2,15,18). The van der Waals surface area contributed by atoms with Crippen molar-refractivity contribution in [3.8, 4) is 0 Å². The Morgan fingerprint density at radius 1 is 1.11 bits per heavy atom. The molecule has 1 aromatic carbocycles. The topological polar surface area (TPSA) is 107 Å². The first kappa shape index (κ1) is 15.0. The third kappa shape index (κ3) is 3.96. The largest absolute Gasteiger partial charge is 0.380 e. The molecule has 5 N–H and O–H groups in total. The highest BCUT2D eigenvalue weighted by atomic mass is 16.5. The van der Waals surface area contributed by atoms with Crippen molar-refractivity contribution >= 4 is 17.5 Å². The van der Waals surface area contributed by atoms with Crippen LogP contribution in [0.4, 0.5) is 5.69 Å². The molecule has 6 heteroatoms. The molecule has 0 saturated carbocycles. The quantitative estimate of drug-likeness (QED) is 0.704. The fourth-order valence-electron chi connectivity index (χ4n) is 1.58. The normalized spacial score (nSPS) is 13.6. The van der Waals surface area contributed by atoms with Gasteiger partial charge in [0.25, 0.3) is 0 Å². The van der Waals surface area contributed by atoms with E-state index in [2.05, 4.69) is 5.32 Å². The zero-order valence-corrected chi connectivity index (χ0v) is 11.3. The summed E-state index contributed by atoms with van der Waals surface area (Å²) in [6.45, 7) is 3.83. The second-order valence-corrected chi connectivity index (χ2v) is 4.40. The number of hydrogen-bond acceptors (Lipinski definition) is 4. The van der Waals surface area contributed by atoms with Gasteiger partial charge in [-0.05, 0) is 32.0 Å². The molecular weight excluding hydrogens is 246 g/mol. The molecule has 1 rings (SSSR count). The van der Waals surface area contributed by atoms with E-state index >= 15 is 0 Å². The summed E-state index contributed by atoms with van der Waals surface area (Å²) in [7, 11) is 1.61. The maximum absolute atomic E-state index is 11.2. The van der Waals surface area contributed by atoms with E-state index in [-0.39, 0.29) is 23.3 Å². The van der Waals surface area contributed by atoms with Crippen LogP contribution in [0.3, 0.4) is 0 Å². The van der Waals surface area contributed by atoms with Crippen molar-refractivity contribution in [1.82, 2.24) is 0 Å². The number of carbonyl (C=O) groups is 2. The summed E-state index contributed by atoms with van der Waals surface area (Å²) in [5, 5.41) is 3.14. The van der Waals surface area contributed by atoms with Gasteiger partial charge in [-0.3, -0.25) is 9.59 Å². The van der Waals surface area contributed by atoms with E-state index in [1.807, 2.05) is 13.8 Å². The van der Waals surface area contributed by atoms with Gasteiger partial charge in [-0.1, -0.05) is 0 Å². The van der Waals surface area contributed by atoms with Crippen LogP contribution in [0.1, 0.15) is 34.6 Å². The Morgan fingerprint density at radius 3 is 1.95 bits per heavy atom. The molecule has 0 aliphatic heterocycles. The first-order chi connectivity index (χ1) is 8.85. The molecule has 0 heterocycles. The van der Waals surface area contributed by atoms with Crippen LogP contribution in [-0.2, 0) is 4.74 Å². The van der Waals surface area contributed by atoms with Crippen molar-refractivity contribution < 1.29 is 14.3 Å². The number of rotatable bonds is 6. The predicted octanol–water partition coefficient (Wildman–Crippen LogP) is 0.720.